The SMILES string of the molecule is O=C(Nc1cc(C(=O)NC2CC2)cnc1N1CCC(CC(=O)N2CCC(O)CC2)CC1)c1cccc(Cl)c1. The molecule has 0 radical (unpaired) electrons. The van der Waals surface area contributed by atoms with Crippen LogP contribution >= 0.6 is 11.6 Å². The summed E-state index contributed by atoms with van der Waals surface area (Å²) in [6.07, 6.45) is 6.68. The van der Waals surface area contributed by atoms with Crippen molar-refractivity contribution in [2.24, 2.45) is 5.92 Å². The van der Waals surface area contributed by atoms with E-state index in [0.29, 0.717) is 73.1 Å². The maximum atomic E-state index is 13.0. The van der Waals surface area contributed by atoms with E-state index < -0.39 is 0 Å². The van der Waals surface area contributed by atoms with Crippen LogP contribution in [-0.4, -0.2) is 71.0 Å². The molecule has 1 saturated carbocycles. The molecule has 2 saturated heterocycles. The monoisotopic (exact) mass is 539 g/mol. The minimum absolute atomic E-state index is 0.161. The molecular weight excluding hydrogens is 506 g/mol. The minimum Gasteiger partial charge on any atom is -0.393 e. The number of amides is 3. The Kier molecular flexibility index (Phi) is 8.14. The molecule has 9 nitrogen and oxygen atoms in total. The Bertz CT molecular complexity index is 1190. The molecule has 0 bridgehead atoms. The standard InChI is InChI=1S/C28H34ClN5O4/c29-21-3-1-2-19(15-21)27(37)32-24-16-20(28(38)31-22-4-5-22)17-30-26(24)34-10-6-18(7-11-34)14-25(36)33-12-8-23(35)9-13-33/h1-3,15-18,22-23,35H,4-14H2,(H,31,38)(H,32,37). The average Bonchev–Trinajstić information content (AvgIpc) is 3.73. The van der Waals surface area contributed by atoms with Gasteiger partial charge in [-0.25, -0.2) is 4.98 Å². The van der Waals surface area contributed by atoms with E-state index in [1.165, 1.54) is 0 Å². The van der Waals surface area contributed by atoms with E-state index in [1.54, 1.807) is 36.5 Å². The van der Waals surface area contributed by atoms with Gasteiger partial charge < -0.3 is 25.5 Å². The predicted molar refractivity (Wildman–Crippen MR) is 146 cm³/mol. The summed E-state index contributed by atoms with van der Waals surface area (Å²) in [4.78, 5) is 47.1. The van der Waals surface area contributed by atoms with Crippen molar-refractivity contribution in [2.75, 3.05) is 36.4 Å². The van der Waals surface area contributed by atoms with Gasteiger partial charge in [-0.15, -0.1) is 0 Å². The van der Waals surface area contributed by atoms with Crippen molar-refractivity contribution in [3.8, 4) is 0 Å². The lowest BCUT2D eigenvalue weighted by molar-refractivity contribution is -0.134. The summed E-state index contributed by atoms with van der Waals surface area (Å²) in [6, 6.07) is 8.60. The molecule has 3 heterocycles. The highest BCUT2D eigenvalue weighted by molar-refractivity contribution is 6.31. The Labute approximate surface area is 227 Å². The van der Waals surface area contributed by atoms with Crippen molar-refractivity contribution >= 4 is 40.8 Å². The molecule has 2 aliphatic heterocycles. The van der Waals surface area contributed by atoms with Gasteiger partial charge in [0.15, 0.2) is 5.82 Å². The van der Waals surface area contributed by atoms with E-state index in [9.17, 15) is 19.5 Å². The van der Waals surface area contributed by atoms with Crippen LogP contribution in [-0.2, 0) is 4.79 Å². The first-order valence-electron chi connectivity index (χ1n) is 13.4. The number of aliphatic hydroxyl groups excluding tert-OH is 1. The van der Waals surface area contributed by atoms with Gasteiger partial charge in [-0.3, -0.25) is 14.4 Å². The van der Waals surface area contributed by atoms with Gasteiger partial charge in [0.05, 0.1) is 17.4 Å². The van der Waals surface area contributed by atoms with E-state index in [-0.39, 0.29) is 35.8 Å². The van der Waals surface area contributed by atoms with Crippen molar-refractivity contribution in [3.05, 3.63) is 52.7 Å². The lowest BCUT2D eigenvalue weighted by Gasteiger charge is -2.35. The quantitative estimate of drug-likeness (QED) is 0.496. The molecular formula is C28H34ClN5O4. The van der Waals surface area contributed by atoms with Crippen LogP contribution in [0.2, 0.25) is 5.02 Å². The summed E-state index contributed by atoms with van der Waals surface area (Å²) in [7, 11) is 0. The van der Waals surface area contributed by atoms with Crippen molar-refractivity contribution < 1.29 is 19.5 Å². The Morgan fingerprint density at radius 1 is 0.947 bits per heavy atom. The number of piperidine rings is 2. The second-order valence-corrected chi connectivity index (χ2v) is 11.0. The van der Waals surface area contributed by atoms with Crippen molar-refractivity contribution in [2.45, 2.75) is 57.1 Å². The number of hydrogen-bond donors (Lipinski definition) is 3. The number of aromatic nitrogens is 1. The van der Waals surface area contributed by atoms with Crippen LogP contribution in [0.1, 0.15) is 65.7 Å². The van der Waals surface area contributed by atoms with Crippen molar-refractivity contribution in [3.63, 3.8) is 0 Å². The largest absolute Gasteiger partial charge is 0.393 e. The Morgan fingerprint density at radius 2 is 1.68 bits per heavy atom. The first kappa shape index (κ1) is 26.4. The highest BCUT2D eigenvalue weighted by atomic mass is 35.5. The molecule has 1 aromatic carbocycles. The lowest BCUT2D eigenvalue weighted by Crippen LogP contribution is -2.42. The fourth-order valence-electron chi connectivity index (χ4n) is 5.09. The molecule has 10 heteroatoms. The first-order chi connectivity index (χ1) is 18.4. The van der Waals surface area contributed by atoms with Crippen LogP contribution in [0.15, 0.2) is 36.5 Å². The van der Waals surface area contributed by atoms with Crippen LogP contribution in [0.4, 0.5) is 11.5 Å². The fourth-order valence-corrected chi connectivity index (χ4v) is 5.28. The molecule has 0 unspecified atom stereocenters. The summed E-state index contributed by atoms with van der Waals surface area (Å²) in [5.41, 5.74) is 1.28. The molecule has 38 heavy (non-hydrogen) atoms. The topological polar surface area (TPSA) is 115 Å². The van der Waals surface area contributed by atoms with E-state index in [1.807, 2.05) is 4.90 Å². The third-order valence-corrected chi connectivity index (χ3v) is 7.81. The second-order valence-electron chi connectivity index (χ2n) is 10.6. The number of nitrogens with one attached hydrogen (secondary N) is 2. The smallest absolute Gasteiger partial charge is 0.255 e. The lowest BCUT2D eigenvalue weighted by atomic mass is 9.92. The van der Waals surface area contributed by atoms with E-state index in [0.717, 1.165) is 25.7 Å². The summed E-state index contributed by atoms with van der Waals surface area (Å²) in [5, 5.41) is 16.1. The summed E-state index contributed by atoms with van der Waals surface area (Å²) < 4.78 is 0. The maximum absolute atomic E-state index is 13.0. The molecule has 1 aliphatic carbocycles. The third kappa shape index (κ3) is 6.63. The van der Waals surface area contributed by atoms with Crippen LogP contribution < -0.4 is 15.5 Å². The van der Waals surface area contributed by atoms with Gasteiger partial charge in [-0.1, -0.05) is 17.7 Å². The van der Waals surface area contributed by atoms with Gasteiger partial charge in [-0.2, -0.15) is 0 Å². The van der Waals surface area contributed by atoms with Crippen LogP contribution in [0.5, 0.6) is 0 Å². The zero-order chi connectivity index (χ0) is 26.6. The Balaban J connectivity index is 1.27. The number of likely N-dealkylation sites (tertiary alicyclic amines) is 1. The molecule has 202 valence electrons. The molecule has 0 spiro atoms. The summed E-state index contributed by atoms with van der Waals surface area (Å²) >= 11 is 6.08. The number of nitrogens with zero attached hydrogens (tertiary/aromatic N) is 3. The van der Waals surface area contributed by atoms with Gasteiger partial charge >= 0.3 is 0 Å². The summed E-state index contributed by atoms with van der Waals surface area (Å²) in [6.45, 7) is 2.63. The van der Waals surface area contributed by atoms with Crippen LogP contribution in [0.3, 0.4) is 0 Å². The average molecular weight is 540 g/mol. The van der Waals surface area contributed by atoms with E-state index in [4.69, 9.17) is 11.6 Å². The highest BCUT2D eigenvalue weighted by Crippen LogP contribution is 2.31. The molecule has 1 aromatic heterocycles. The zero-order valence-corrected chi connectivity index (χ0v) is 22.1. The third-order valence-electron chi connectivity index (χ3n) is 7.57. The van der Waals surface area contributed by atoms with Crippen molar-refractivity contribution in [1.29, 1.82) is 0 Å². The number of carbonyl (C=O) groups is 3. The fraction of sp³-hybridized carbons (Fsp3) is 0.500. The molecule has 3 aliphatic rings. The maximum Gasteiger partial charge on any atom is 0.255 e. The Hall–Kier alpha value is -3.17. The normalized spacial score (nSPS) is 18.8. The molecule has 3 amide bonds. The predicted octanol–water partition coefficient (Wildman–Crippen LogP) is 3.47. The van der Waals surface area contributed by atoms with Crippen molar-refractivity contribution in [1.82, 2.24) is 15.2 Å². The van der Waals surface area contributed by atoms with Gasteiger partial charge in [0.25, 0.3) is 11.8 Å². The summed E-state index contributed by atoms with van der Waals surface area (Å²) in [5.74, 6) is 0.514. The number of pyridine rings is 1. The molecule has 2 aromatic rings. The molecule has 5 rings (SSSR count). The minimum atomic E-state index is -0.331. The van der Waals surface area contributed by atoms with E-state index >= 15 is 0 Å². The molecule has 0 atom stereocenters. The highest BCUT2D eigenvalue weighted by Gasteiger charge is 2.29. The number of halogens is 1. The Morgan fingerprint density at radius 3 is 2.37 bits per heavy atom. The first-order valence-corrected chi connectivity index (χ1v) is 13.8. The number of anilines is 2. The number of hydrogen-bond acceptors (Lipinski definition) is 6. The van der Waals surface area contributed by atoms with Gasteiger partial charge in [0.2, 0.25) is 5.91 Å². The number of carbonyl (C=O) groups excluding carboxylic acids is 3. The van der Waals surface area contributed by atoms with E-state index in [2.05, 4.69) is 20.5 Å². The van der Waals surface area contributed by atoms with Gasteiger partial charge in [-0.05, 0) is 68.7 Å². The number of benzene rings is 1. The molecule has 3 N–H and O–H groups in total. The van der Waals surface area contributed by atoms with Gasteiger partial charge in [0, 0.05) is 55.4 Å². The number of rotatable bonds is 7. The van der Waals surface area contributed by atoms with Crippen LogP contribution in [0.25, 0.3) is 0 Å². The van der Waals surface area contributed by atoms with Gasteiger partial charge in [0.1, 0.15) is 0 Å². The second kappa shape index (κ2) is 11.7. The number of aliphatic hydroxyl groups is 1. The molecule has 3 fully saturated rings. The van der Waals surface area contributed by atoms with Crippen LogP contribution in [0, 0.1) is 5.92 Å². The zero-order valence-electron chi connectivity index (χ0n) is 21.4.